The largest absolute Gasteiger partial charge is 0.431 e. The highest BCUT2D eigenvalue weighted by Crippen LogP contribution is 2.43. The van der Waals surface area contributed by atoms with Crippen LogP contribution in [0.1, 0.15) is 19.3 Å². The normalized spacial score (nSPS) is 29.4. The highest BCUT2D eigenvalue weighted by atomic mass is 32.2. The molecule has 4 rings (SSSR count). The van der Waals surface area contributed by atoms with Crippen LogP contribution in [0.2, 0.25) is 0 Å². The van der Waals surface area contributed by atoms with Crippen molar-refractivity contribution in [3.63, 3.8) is 0 Å². The minimum Gasteiger partial charge on any atom is -0.431 e. The van der Waals surface area contributed by atoms with E-state index in [1.54, 1.807) is 11.8 Å². The number of thioether (sulfide) groups is 2. The number of aromatic nitrogens is 1. The molecule has 3 heterocycles. The Labute approximate surface area is 132 Å². The molecule has 0 aliphatic carbocycles. The van der Waals surface area contributed by atoms with Gasteiger partial charge in [0.2, 0.25) is 0 Å². The number of nitrogens with zero attached hydrogens (tertiary/aromatic N) is 1. The molecule has 4 nitrogen and oxygen atoms in total. The molecule has 0 bridgehead atoms. The zero-order valence-electron chi connectivity index (χ0n) is 11.7. The highest BCUT2D eigenvalue weighted by molar-refractivity contribution is 8.00. The number of hydrogen-bond acceptors (Lipinski definition) is 6. The monoisotopic (exact) mass is 322 g/mol. The molecule has 1 aromatic carbocycles. The van der Waals surface area contributed by atoms with E-state index < -0.39 is 0 Å². The number of anilines is 1. The Bertz CT molecular complexity index is 652. The molecule has 112 valence electrons. The van der Waals surface area contributed by atoms with Crippen LogP contribution < -0.4 is 5.73 Å². The molecule has 1 aromatic heterocycles. The fourth-order valence-corrected chi connectivity index (χ4v) is 5.61. The van der Waals surface area contributed by atoms with Gasteiger partial charge >= 0.3 is 0 Å². The molecular weight excluding hydrogens is 304 g/mol. The fourth-order valence-electron chi connectivity index (χ4n) is 3.06. The summed E-state index contributed by atoms with van der Waals surface area (Å²) in [6, 6.07) is 5.61. The van der Waals surface area contributed by atoms with E-state index in [1.165, 1.54) is 12.2 Å². The van der Waals surface area contributed by atoms with E-state index >= 15 is 0 Å². The Morgan fingerprint density at radius 1 is 1.43 bits per heavy atom. The lowest BCUT2D eigenvalue weighted by molar-refractivity contribution is -0.0563. The molecule has 0 radical (unpaired) electrons. The second kappa shape index (κ2) is 5.41. The molecule has 2 unspecified atom stereocenters. The summed E-state index contributed by atoms with van der Waals surface area (Å²) in [5.41, 5.74) is 8.26. The van der Waals surface area contributed by atoms with Crippen molar-refractivity contribution in [3.05, 3.63) is 18.2 Å². The molecule has 21 heavy (non-hydrogen) atoms. The van der Waals surface area contributed by atoms with E-state index in [9.17, 15) is 0 Å². The van der Waals surface area contributed by atoms with Crippen molar-refractivity contribution in [1.82, 2.24) is 4.98 Å². The Hall–Kier alpha value is -0.850. The lowest BCUT2D eigenvalue weighted by Gasteiger charge is -2.36. The van der Waals surface area contributed by atoms with Crippen molar-refractivity contribution >= 4 is 40.3 Å². The van der Waals surface area contributed by atoms with Crippen LogP contribution in [0.4, 0.5) is 5.69 Å². The number of fused-ring (bicyclic) bond motifs is 1. The molecule has 2 aromatic rings. The molecule has 2 N–H and O–H groups in total. The number of hydrogen-bond donors (Lipinski definition) is 1. The van der Waals surface area contributed by atoms with Crippen molar-refractivity contribution in [2.75, 3.05) is 23.8 Å². The number of rotatable bonds is 2. The van der Waals surface area contributed by atoms with Gasteiger partial charge < -0.3 is 14.9 Å². The molecule has 6 heteroatoms. The van der Waals surface area contributed by atoms with Crippen LogP contribution in [0.5, 0.6) is 0 Å². The SMILES string of the molecule is Nc1ccc2nc(SC3CCOC4(CCSC4)C3)oc2c1. The van der Waals surface area contributed by atoms with Gasteiger partial charge in [-0.25, -0.2) is 4.98 Å². The van der Waals surface area contributed by atoms with Crippen LogP contribution in [0.25, 0.3) is 11.1 Å². The maximum atomic E-state index is 6.07. The number of oxazole rings is 1. The van der Waals surface area contributed by atoms with Gasteiger partial charge in [0.15, 0.2) is 5.58 Å². The first kappa shape index (κ1) is 13.8. The van der Waals surface area contributed by atoms with Crippen molar-refractivity contribution in [2.24, 2.45) is 0 Å². The Balaban J connectivity index is 1.51. The average molecular weight is 322 g/mol. The lowest BCUT2D eigenvalue weighted by Crippen LogP contribution is -2.40. The minimum atomic E-state index is 0.108. The first-order chi connectivity index (χ1) is 10.2. The van der Waals surface area contributed by atoms with Gasteiger partial charge in [-0.2, -0.15) is 11.8 Å². The molecule has 2 fully saturated rings. The summed E-state index contributed by atoms with van der Waals surface area (Å²) in [6.07, 6.45) is 3.35. The summed E-state index contributed by atoms with van der Waals surface area (Å²) in [5, 5.41) is 1.28. The molecule has 2 aliphatic rings. The first-order valence-electron chi connectivity index (χ1n) is 7.27. The molecule has 0 amide bonds. The summed E-state index contributed by atoms with van der Waals surface area (Å²) in [7, 11) is 0. The van der Waals surface area contributed by atoms with Crippen molar-refractivity contribution < 1.29 is 9.15 Å². The van der Waals surface area contributed by atoms with Crippen LogP contribution in [-0.4, -0.2) is 33.9 Å². The van der Waals surface area contributed by atoms with Gasteiger partial charge in [0.05, 0.1) is 5.60 Å². The van der Waals surface area contributed by atoms with Crippen molar-refractivity contribution in [1.29, 1.82) is 0 Å². The third-order valence-electron chi connectivity index (χ3n) is 4.18. The lowest BCUT2D eigenvalue weighted by atomic mass is 9.93. The summed E-state index contributed by atoms with van der Waals surface area (Å²) in [6.45, 7) is 0.853. The predicted molar refractivity (Wildman–Crippen MR) is 87.9 cm³/mol. The van der Waals surface area contributed by atoms with Crippen LogP contribution in [0.3, 0.4) is 0 Å². The van der Waals surface area contributed by atoms with Gasteiger partial charge in [-0.1, -0.05) is 11.8 Å². The number of benzene rings is 1. The number of ether oxygens (including phenoxy) is 1. The third-order valence-corrected chi connectivity index (χ3v) is 6.51. The fraction of sp³-hybridized carbons (Fsp3) is 0.533. The Morgan fingerprint density at radius 2 is 2.38 bits per heavy atom. The van der Waals surface area contributed by atoms with Crippen molar-refractivity contribution in [3.8, 4) is 0 Å². The zero-order chi connectivity index (χ0) is 14.3. The number of nitrogen functional groups attached to an aromatic ring is 1. The average Bonchev–Trinajstić information content (AvgIpc) is 3.05. The standard InChI is InChI=1S/C15H18N2O2S2/c16-10-1-2-12-13(7-10)19-14(17-12)21-11-3-5-18-15(8-11)4-6-20-9-15/h1-2,7,11H,3-6,8-9,16H2. The van der Waals surface area contributed by atoms with Gasteiger partial charge in [0.25, 0.3) is 5.22 Å². The number of nitrogens with two attached hydrogens (primary N) is 1. The molecule has 1 spiro atoms. The summed E-state index contributed by atoms with van der Waals surface area (Å²) in [4.78, 5) is 4.56. The molecule has 2 atom stereocenters. The Kier molecular flexibility index (Phi) is 3.55. The maximum Gasteiger partial charge on any atom is 0.257 e. The summed E-state index contributed by atoms with van der Waals surface area (Å²) < 4.78 is 11.9. The highest BCUT2D eigenvalue weighted by Gasteiger charge is 2.41. The second-order valence-corrected chi connectivity index (χ2v) is 8.13. The van der Waals surface area contributed by atoms with E-state index in [2.05, 4.69) is 4.98 Å². The van der Waals surface area contributed by atoms with E-state index in [-0.39, 0.29) is 5.60 Å². The quantitative estimate of drug-likeness (QED) is 0.853. The second-order valence-electron chi connectivity index (χ2n) is 5.77. The van der Waals surface area contributed by atoms with Gasteiger partial charge in [0, 0.05) is 29.4 Å². The van der Waals surface area contributed by atoms with E-state index in [0.717, 1.165) is 41.5 Å². The van der Waals surface area contributed by atoms with Gasteiger partial charge in [0.1, 0.15) is 5.52 Å². The topological polar surface area (TPSA) is 61.3 Å². The van der Waals surface area contributed by atoms with Crippen LogP contribution in [0.15, 0.2) is 27.8 Å². The third kappa shape index (κ3) is 2.76. The van der Waals surface area contributed by atoms with Crippen molar-refractivity contribution in [2.45, 2.75) is 35.3 Å². The Morgan fingerprint density at radius 3 is 3.24 bits per heavy atom. The first-order valence-corrected chi connectivity index (χ1v) is 9.30. The van der Waals surface area contributed by atoms with Crippen LogP contribution in [-0.2, 0) is 4.74 Å². The summed E-state index contributed by atoms with van der Waals surface area (Å²) >= 11 is 3.76. The smallest absolute Gasteiger partial charge is 0.257 e. The van der Waals surface area contributed by atoms with Crippen LogP contribution in [0, 0.1) is 0 Å². The van der Waals surface area contributed by atoms with E-state index in [0.29, 0.717) is 10.9 Å². The molecule has 0 saturated carbocycles. The zero-order valence-corrected chi connectivity index (χ0v) is 13.3. The summed E-state index contributed by atoms with van der Waals surface area (Å²) in [5.74, 6) is 2.35. The van der Waals surface area contributed by atoms with E-state index in [4.69, 9.17) is 14.9 Å². The maximum absolute atomic E-state index is 6.07. The van der Waals surface area contributed by atoms with Gasteiger partial charge in [-0.05, 0) is 37.1 Å². The molecular formula is C15H18N2O2S2. The molecule has 2 aliphatic heterocycles. The van der Waals surface area contributed by atoms with Gasteiger partial charge in [-0.3, -0.25) is 0 Å². The minimum absolute atomic E-state index is 0.108. The molecule has 2 saturated heterocycles. The van der Waals surface area contributed by atoms with Crippen LogP contribution >= 0.6 is 23.5 Å². The van der Waals surface area contributed by atoms with Gasteiger partial charge in [-0.15, -0.1) is 0 Å². The predicted octanol–water partition coefficient (Wildman–Crippen LogP) is 3.56. The van der Waals surface area contributed by atoms with E-state index in [1.807, 2.05) is 30.0 Å².